The summed E-state index contributed by atoms with van der Waals surface area (Å²) in [6.45, 7) is 6.50. The van der Waals surface area contributed by atoms with Crippen LogP contribution < -0.4 is 0 Å². The number of esters is 3. The van der Waals surface area contributed by atoms with Crippen molar-refractivity contribution in [3.05, 3.63) is 60.8 Å². The third-order valence-electron chi connectivity index (χ3n) is 13.8. The second-order valence-electron chi connectivity index (χ2n) is 20.9. The number of allylic oxidation sites excluding steroid dienone is 10. The summed E-state index contributed by atoms with van der Waals surface area (Å²) in [7, 11) is 0. The Labute approximate surface area is 447 Å². The molecule has 0 aliphatic rings. The van der Waals surface area contributed by atoms with Gasteiger partial charge in [0.1, 0.15) is 13.2 Å². The zero-order chi connectivity index (χ0) is 52.2. The van der Waals surface area contributed by atoms with Crippen LogP contribution in [0, 0.1) is 0 Å². The van der Waals surface area contributed by atoms with Crippen molar-refractivity contribution in [2.75, 3.05) is 13.2 Å². The van der Waals surface area contributed by atoms with Crippen LogP contribution >= 0.6 is 0 Å². The molecule has 0 spiro atoms. The van der Waals surface area contributed by atoms with Crippen molar-refractivity contribution >= 4 is 17.9 Å². The Morgan fingerprint density at radius 2 is 0.542 bits per heavy atom. The third-order valence-corrected chi connectivity index (χ3v) is 13.8. The van der Waals surface area contributed by atoms with E-state index in [0.29, 0.717) is 19.3 Å². The van der Waals surface area contributed by atoms with Crippen molar-refractivity contribution in [2.45, 2.75) is 329 Å². The molecule has 0 heterocycles. The number of carbonyl (C=O) groups is 3. The molecule has 1 unspecified atom stereocenters. The van der Waals surface area contributed by atoms with E-state index in [2.05, 4.69) is 81.5 Å². The van der Waals surface area contributed by atoms with Crippen LogP contribution in [0.5, 0.6) is 0 Å². The molecule has 0 aliphatic heterocycles. The molecular formula is C66H118O6. The van der Waals surface area contributed by atoms with Crippen molar-refractivity contribution in [3.8, 4) is 0 Å². The van der Waals surface area contributed by atoms with E-state index in [1.807, 2.05) is 0 Å². The van der Waals surface area contributed by atoms with Gasteiger partial charge in [-0.15, -0.1) is 0 Å². The Balaban J connectivity index is 4.24. The van der Waals surface area contributed by atoms with E-state index in [-0.39, 0.29) is 31.1 Å². The lowest BCUT2D eigenvalue weighted by atomic mass is 10.0. The van der Waals surface area contributed by atoms with Gasteiger partial charge in [-0.25, -0.2) is 0 Å². The molecule has 0 fully saturated rings. The first-order valence-electron chi connectivity index (χ1n) is 31.3. The maximum atomic E-state index is 12.9. The largest absolute Gasteiger partial charge is 0.462 e. The fourth-order valence-corrected chi connectivity index (χ4v) is 9.08. The predicted octanol–water partition coefficient (Wildman–Crippen LogP) is 21.2. The van der Waals surface area contributed by atoms with E-state index in [0.717, 1.165) is 109 Å². The Hall–Kier alpha value is -2.89. The third kappa shape index (κ3) is 58.0. The lowest BCUT2D eigenvalue weighted by Crippen LogP contribution is -2.30. The summed E-state index contributed by atoms with van der Waals surface area (Å²) in [6, 6.07) is 0. The quantitative estimate of drug-likeness (QED) is 0.0261. The van der Waals surface area contributed by atoms with Gasteiger partial charge in [0.25, 0.3) is 0 Å². The molecule has 0 radical (unpaired) electrons. The highest BCUT2D eigenvalue weighted by atomic mass is 16.6. The standard InChI is InChI=1S/C66H118O6/c1-4-7-10-13-16-19-22-25-27-28-29-30-31-32-33-34-35-36-37-39-41-44-47-50-53-56-59-65(68)71-62-63(61-70-64(67)58-55-52-49-46-43-40-24-21-18-15-12-9-6-3)72-66(69)60-57-54-51-48-45-42-38-26-23-20-17-14-11-8-5-2/h9,12,17-18,20-21,26,38,40,43,63H,4-8,10-11,13-16,19,22-25,27-37,39,41-42,44-62H2,1-3H3/b12-9-,20-17-,21-18-,38-26-,43-40-. The number of ether oxygens (including phenoxy) is 3. The summed E-state index contributed by atoms with van der Waals surface area (Å²) in [5, 5.41) is 0. The molecule has 418 valence electrons. The molecule has 0 saturated carbocycles. The van der Waals surface area contributed by atoms with Crippen LogP contribution in [0.4, 0.5) is 0 Å². The summed E-state index contributed by atoms with van der Waals surface area (Å²) < 4.78 is 16.9. The van der Waals surface area contributed by atoms with Crippen molar-refractivity contribution < 1.29 is 28.6 Å². The molecule has 0 amide bonds. The molecule has 0 N–H and O–H groups in total. The molecule has 6 heteroatoms. The minimum atomic E-state index is -0.792. The van der Waals surface area contributed by atoms with Gasteiger partial charge in [0.15, 0.2) is 6.10 Å². The highest BCUT2D eigenvalue weighted by Crippen LogP contribution is 2.17. The summed E-state index contributed by atoms with van der Waals surface area (Å²) in [4.78, 5) is 38.2. The van der Waals surface area contributed by atoms with Gasteiger partial charge in [0, 0.05) is 19.3 Å². The van der Waals surface area contributed by atoms with Gasteiger partial charge in [0.05, 0.1) is 0 Å². The Morgan fingerprint density at radius 1 is 0.292 bits per heavy atom. The van der Waals surface area contributed by atoms with Crippen molar-refractivity contribution in [1.29, 1.82) is 0 Å². The molecule has 0 aliphatic carbocycles. The zero-order valence-corrected chi connectivity index (χ0v) is 47.9. The van der Waals surface area contributed by atoms with Crippen LogP contribution in [0.15, 0.2) is 60.8 Å². The maximum Gasteiger partial charge on any atom is 0.306 e. The number of rotatable bonds is 57. The second kappa shape index (κ2) is 60.7. The minimum Gasteiger partial charge on any atom is -0.462 e. The smallest absolute Gasteiger partial charge is 0.306 e. The first kappa shape index (κ1) is 69.1. The molecule has 0 saturated heterocycles. The fraction of sp³-hybridized carbons (Fsp3) is 0.803. The number of carbonyl (C=O) groups excluding carboxylic acids is 3. The highest BCUT2D eigenvalue weighted by Gasteiger charge is 2.19. The van der Waals surface area contributed by atoms with E-state index >= 15 is 0 Å². The average molecular weight is 1010 g/mol. The van der Waals surface area contributed by atoms with E-state index in [1.165, 1.54) is 173 Å². The van der Waals surface area contributed by atoms with Crippen LogP contribution in [-0.4, -0.2) is 37.2 Å². The molecule has 0 rings (SSSR count). The molecule has 0 aromatic rings. The molecule has 0 bridgehead atoms. The van der Waals surface area contributed by atoms with Gasteiger partial charge in [0.2, 0.25) is 0 Å². The molecule has 0 aromatic carbocycles. The van der Waals surface area contributed by atoms with E-state index < -0.39 is 6.10 Å². The van der Waals surface area contributed by atoms with E-state index in [1.54, 1.807) is 0 Å². The fourth-order valence-electron chi connectivity index (χ4n) is 9.08. The lowest BCUT2D eigenvalue weighted by molar-refractivity contribution is -0.167. The molecular weight excluding hydrogens is 889 g/mol. The topological polar surface area (TPSA) is 78.9 Å². The van der Waals surface area contributed by atoms with Gasteiger partial charge in [-0.2, -0.15) is 0 Å². The van der Waals surface area contributed by atoms with Gasteiger partial charge in [-0.3, -0.25) is 14.4 Å². The van der Waals surface area contributed by atoms with Crippen LogP contribution in [0.25, 0.3) is 0 Å². The van der Waals surface area contributed by atoms with Gasteiger partial charge < -0.3 is 14.2 Å². The van der Waals surface area contributed by atoms with Gasteiger partial charge in [-0.05, 0) is 83.5 Å². The van der Waals surface area contributed by atoms with Crippen molar-refractivity contribution in [1.82, 2.24) is 0 Å². The summed E-state index contributed by atoms with van der Waals surface area (Å²) in [6.07, 6.45) is 76.7. The summed E-state index contributed by atoms with van der Waals surface area (Å²) in [5.74, 6) is -0.917. The normalized spacial score (nSPS) is 12.4. The van der Waals surface area contributed by atoms with Crippen molar-refractivity contribution in [3.63, 3.8) is 0 Å². The zero-order valence-electron chi connectivity index (χ0n) is 47.9. The minimum absolute atomic E-state index is 0.0868. The first-order valence-corrected chi connectivity index (χ1v) is 31.3. The monoisotopic (exact) mass is 1010 g/mol. The average Bonchev–Trinajstić information content (AvgIpc) is 3.38. The second-order valence-corrected chi connectivity index (χ2v) is 20.9. The van der Waals surface area contributed by atoms with Crippen molar-refractivity contribution in [2.24, 2.45) is 0 Å². The SMILES string of the molecule is CC/C=C\C/C=C\C/C=C\CCCCCC(=O)OCC(COC(=O)CCCCCCCCCCCCCCCCCCCCCCCCCCCC)OC(=O)CCCCCCC/C=C\C/C=C\CCCCC. The van der Waals surface area contributed by atoms with Gasteiger partial charge >= 0.3 is 17.9 Å². The molecule has 0 aromatic heterocycles. The summed E-state index contributed by atoms with van der Waals surface area (Å²) in [5.41, 5.74) is 0. The lowest BCUT2D eigenvalue weighted by Gasteiger charge is -2.18. The van der Waals surface area contributed by atoms with E-state index in [9.17, 15) is 14.4 Å². The number of hydrogen-bond donors (Lipinski definition) is 0. The summed E-state index contributed by atoms with van der Waals surface area (Å²) >= 11 is 0. The van der Waals surface area contributed by atoms with Crippen LogP contribution in [0.2, 0.25) is 0 Å². The predicted molar refractivity (Wildman–Crippen MR) is 312 cm³/mol. The Bertz CT molecular complexity index is 1290. The first-order chi connectivity index (χ1) is 35.5. The van der Waals surface area contributed by atoms with Crippen LogP contribution in [0.3, 0.4) is 0 Å². The molecule has 72 heavy (non-hydrogen) atoms. The Kier molecular flexibility index (Phi) is 58.2. The van der Waals surface area contributed by atoms with Gasteiger partial charge in [-0.1, -0.05) is 281 Å². The molecule has 1 atom stereocenters. The van der Waals surface area contributed by atoms with Crippen LogP contribution in [-0.2, 0) is 28.6 Å². The Morgan fingerprint density at radius 3 is 0.889 bits per heavy atom. The number of unbranched alkanes of at least 4 members (excludes halogenated alkanes) is 36. The number of hydrogen-bond acceptors (Lipinski definition) is 6. The highest BCUT2D eigenvalue weighted by molar-refractivity contribution is 5.71. The van der Waals surface area contributed by atoms with Crippen LogP contribution in [0.1, 0.15) is 323 Å². The van der Waals surface area contributed by atoms with E-state index in [4.69, 9.17) is 14.2 Å². The maximum absolute atomic E-state index is 12.9. The molecule has 6 nitrogen and oxygen atoms in total.